The molecule has 0 saturated carbocycles. The van der Waals surface area contributed by atoms with E-state index in [0.717, 1.165) is 25.7 Å². The number of hydrogen-bond acceptors (Lipinski definition) is 3. The standard InChI is InChI=1S/C16H33N3O2/c1-5-8-14(11-12-17)9-10-15(20)18-13(4)16(21)19(6-2)7-3/h13-14H,5-12,17H2,1-4H3,(H,18,20). The van der Waals surface area contributed by atoms with Crippen LogP contribution in [0.15, 0.2) is 0 Å². The molecule has 124 valence electrons. The first-order valence-electron chi connectivity index (χ1n) is 8.28. The molecule has 0 heterocycles. The van der Waals surface area contributed by atoms with Crippen LogP contribution in [0.5, 0.6) is 0 Å². The molecular formula is C16H33N3O2. The van der Waals surface area contributed by atoms with Crippen LogP contribution in [-0.4, -0.2) is 42.4 Å². The van der Waals surface area contributed by atoms with Crippen molar-refractivity contribution >= 4 is 11.8 Å². The van der Waals surface area contributed by atoms with Crippen LogP contribution in [0.2, 0.25) is 0 Å². The molecule has 21 heavy (non-hydrogen) atoms. The van der Waals surface area contributed by atoms with Gasteiger partial charge in [0.05, 0.1) is 0 Å². The van der Waals surface area contributed by atoms with E-state index in [1.807, 2.05) is 13.8 Å². The topological polar surface area (TPSA) is 75.4 Å². The van der Waals surface area contributed by atoms with Gasteiger partial charge in [-0.2, -0.15) is 0 Å². The fourth-order valence-corrected chi connectivity index (χ4v) is 2.60. The molecule has 2 unspecified atom stereocenters. The van der Waals surface area contributed by atoms with Gasteiger partial charge in [0.25, 0.3) is 0 Å². The molecule has 0 aliphatic carbocycles. The van der Waals surface area contributed by atoms with Crippen molar-refractivity contribution in [3.05, 3.63) is 0 Å². The highest BCUT2D eigenvalue weighted by atomic mass is 16.2. The third-order valence-electron chi connectivity index (χ3n) is 3.87. The van der Waals surface area contributed by atoms with Gasteiger partial charge in [0.2, 0.25) is 11.8 Å². The molecule has 0 aromatic heterocycles. The van der Waals surface area contributed by atoms with Gasteiger partial charge in [-0.3, -0.25) is 9.59 Å². The van der Waals surface area contributed by atoms with Gasteiger partial charge in [-0.15, -0.1) is 0 Å². The number of amides is 2. The molecule has 0 aromatic carbocycles. The predicted molar refractivity (Wildman–Crippen MR) is 86.8 cm³/mol. The Labute approximate surface area is 129 Å². The van der Waals surface area contributed by atoms with Crippen LogP contribution in [0.4, 0.5) is 0 Å². The first-order valence-corrected chi connectivity index (χ1v) is 8.28. The maximum absolute atomic E-state index is 12.1. The molecule has 0 saturated heterocycles. The number of nitrogens with zero attached hydrogens (tertiary/aromatic N) is 1. The maximum Gasteiger partial charge on any atom is 0.244 e. The molecule has 2 atom stereocenters. The zero-order chi connectivity index (χ0) is 16.3. The van der Waals surface area contributed by atoms with Crippen LogP contribution >= 0.6 is 0 Å². The van der Waals surface area contributed by atoms with E-state index in [1.165, 1.54) is 0 Å². The summed E-state index contributed by atoms with van der Waals surface area (Å²) in [5.41, 5.74) is 5.60. The van der Waals surface area contributed by atoms with Crippen LogP contribution in [-0.2, 0) is 9.59 Å². The van der Waals surface area contributed by atoms with Crippen molar-refractivity contribution in [2.24, 2.45) is 11.7 Å². The number of likely N-dealkylation sites (N-methyl/N-ethyl adjacent to an activating group) is 1. The second-order valence-electron chi connectivity index (χ2n) is 5.57. The Hall–Kier alpha value is -1.10. The molecule has 2 amide bonds. The number of hydrogen-bond donors (Lipinski definition) is 2. The van der Waals surface area contributed by atoms with Crippen LogP contribution in [0.1, 0.15) is 59.8 Å². The average molecular weight is 299 g/mol. The van der Waals surface area contributed by atoms with E-state index >= 15 is 0 Å². The maximum atomic E-state index is 12.1. The molecule has 0 aromatic rings. The Bertz CT molecular complexity index is 298. The van der Waals surface area contributed by atoms with E-state index < -0.39 is 6.04 Å². The molecule has 3 N–H and O–H groups in total. The summed E-state index contributed by atoms with van der Waals surface area (Å²) in [4.78, 5) is 25.8. The average Bonchev–Trinajstić information content (AvgIpc) is 2.46. The summed E-state index contributed by atoms with van der Waals surface area (Å²) in [6.45, 7) is 9.80. The lowest BCUT2D eigenvalue weighted by atomic mass is 9.94. The first-order chi connectivity index (χ1) is 9.99. The summed E-state index contributed by atoms with van der Waals surface area (Å²) >= 11 is 0. The van der Waals surface area contributed by atoms with Gasteiger partial charge in [0.15, 0.2) is 0 Å². The predicted octanol–water partition coefficient (Wildman–Crippen LogP) is 1.90. The largest absolute Gasteiger partial charge is 0.345 e. The summed E-state index contributed by atoms with van der Waals surface area (Å²) in [6.07, 6.45) is 4.51. The van der Waals surface area contributed by atoms with Crippen molar-refractivity contribution in [2.45, 2.75) is 65.8 Å². The number of carbonyl (C=O) groups excluding carboxylic acids is 2. The zero-order valence-corrected chi connectivity index (χ0v) is 14.2. The van der Waals surface area contributed by atoms with Gasteiger partial charge >= 0.3 is 0 Å². The molecule has 5 heteroatoms. The molecule has 0 radical (unpaired) electrons. The second kappa shape index (κ2) is 11.5. The third kappa shape index (κ3) is 8.05. The highest BCUT2D eigenvalue weighted by molar-refractivity contribution is 5.87. The first kappa shape index (κ1) is 19.9. The van der Waals surface area contributed by atoms with E-state index in [9.17, 15) is 9.59 Å². The SMILES string of the molecule is CCCC(CCN)CCC(=O)NC(C)C(=O)N(CC)CC. The van der Waals surface area contributed by atoms with Gasteiger partial charge in [-0.05, 0) is 46.1 Å². The van der Waals surface area contributed by atoms with E-state index in [4.69, 9.17) is 5.73 Å². The lowest BCUT2D eigenvalue weighted by Gasteiger charge is -2.23. The highest BCUT2D eigenvalue weighted by Gasteiger charge is 2.20. The molecule has 5 nitrogen and oxygen atoms in total. The fraction of sp³-hybridized carbons (Fsp3) is 0.875. The lowest BCUT2D eigenvalue weighted by molar-refractivity contribution is -0.135. The van der Waals surface area contributed by atoms with Crippen molar-refractivity contribution in [3.8, 4) is 0 Å². The van der Waals surface area contributed by atoms with Crippen molar-refractivity contribution in [3.63, 3.8) is 0 Å². The molecule has 0 bridgehead atoms. The van der Waals surface area contributed by atoms with E-state index in [0.29, 0.717) is 32.0 Å². The number of nitrogens with two attached hydrogens (primary N) is 1. The van der Waals surface area contributed by atoms with Gasteiger partial charge in [0.1, 0.15) is 6.04 Å². The summed E-state index contributed by atoms with van der Waals surface area (Å²) in [5.74, 6) is 0.459. The minimum Gasteiger partial charge on any atom is -0.345 e. The van der Waals surface area contributed by atoms with E-state index in [1.54, 1.807) is 11.8 Å². The number of nitrogens with one attached hydrogen (secondary N) is 1. The van der Waals surface area contributed by atoms with Crippen LogP contribution in [0.25, 0.3) is 0 Å². The monoisotopic (exact) mass is 299 g/mol. The zero-order valence-electron chi connectivity index (χ0n) is 14.2. The van der Waals surface area contributed by atoms with Crippen LogP contribution < -0.4 is 11.1 Å². The third-order valence-corrected chi connectivity index (χ3v) is 3.87. The quantitative estimate of drug-likeness (QED) is 0.612. The van der Waals surface area contributed by atoms with Crippen molar-refractivity contribution in [1.82, 2.24) is 10.2 Å². The van der Waals surface area contributed by atoms with E-state index in [2.05, 4.69) is 12.2 Å². The Morgan fingerprint density at radius 1 is 1.10 bits per heavy atom. The van der Waals surface area contributed by atoms with Gasteiger partial charge in [-0.1, -0.05) is 19.8 Å². The number of rotatable bonds is 11. The van der Waals surface area contributed by atoms with Crippen molar-refractivity contribution in [2.75, 3.05) is 19.6 Å². The summed E-state index contributed by atoms with van der Waals surface area (Å²) in [6, 6.07) is -0.448. The molecular weight excluding hydrogens is 266 g/mol. The molecule has 0 rings (SSSR count). The summed E-state index contributed by atoms with van der Waals surface area (Å²) in [7, 11) is 0. The minimum atomic E-state index is -0.448. The highest BCUT2D eigenvalue weighted by Crippen LogP contribution is 2.16. The summed E-state index contributed by atoms with van der Waals surface area (Å²) < 4.78 is 0. The van der Waals surface area contributed by atoms with Crippen LogP contribution in [0, 0.1) is 5.92 Å². The van der Waals surface area contributed by atoms with Crippen LogP contribution in [0.3, 0.4) is 0 Å². The smallest absolute Gasteiger partial charge is 0.244 e. The molecule has 0 spiro atoms. The Balaban J connectivity index is 4.20. The fourth-order valence-electron chi connectivity index (χ4n) is 2.60. The molecule has 0 fully saturated rings. The van der Waals surface area contributed by atoms with Gasteiger partial charge in [-0.25, -0.2) is 0 Å². The second-order valence-corrected chi connectivity index (χ2v) is 5.57. The van der Waals surface area contributed by atoms with Crippen molar-refractivity contribution in [1.29, 1.82) is 0 Å². The van der Waals surface area contributed by atoms with Gasteiger partial charge < -0.3 is 16.0 Å². The summed E-state index contributed by atoms with van der Waals surface area (Å²) in [5, 5.41) is 2.81. The van der Waals surface area contributed by atoms with E-state index in [-0.39, 0.29) is 11.8 Å². The van der Waals surface area contributed by atoms with Gasteiger partial charge in [0, 0.05) is 19.5 Å². The normalized spacial score (nSPS) is 13.6. The molecule has 0 aliphatic rings. The molecule has 0 aliphatic heterocycles. The Kier molecular flexibility index (Phi) is 10.9. The Morgan fingerprint density at radius 2 is 1.71 bits per heavy atom. The van der Waals surface area contributed by atoms with Crippen molar-refractivity contribution < 1.29 is 9.59 Å². The minimum absolute atomic E-state index is 0.0135. The lowest BCUT2D eigenvalue weighted by Crippen LogP contribution is -2.46. The Morgan fingerprint density at radius 3 is 2.19 bits per heavy atom. The number of carbonyl (C=O) groups is 2.